The van der Waals surface area contributed by atoms with Gasteiger partial charge in [-0.3, -0.25) is 9.78 Å². The van der Waals surface area contributed by atoms with Crippen molar-refractivity contribution in [2.45, 2.75) is 63.8 Å². The van der Waals surface area contributed by atoms with Crippen LogP contribution in [0.25, 0.3) is 10.9 Å². The molecule has 0 unspecified atom stereocenters. The number of nitrogens with zero attached hydrogens (tertiary/aromatic N) is 1. The Hall–Kier alpha value is -1.94. The summed E-state index contributed by atoms with van der Waals surface area (Å²) in [5.41, 5.74) is 0.772. The number of pyridine rings is 1. The van der Waals surface area contributed by atoms with Gasteiger partial charge in [-0.1, -0.05) is 0 Å². The minimum atomic E-state index is -2.95. The van der Waals surface area contributed by atoms with Gasteiger partial charge in [-0.15, -0.1) is 0 Å². The fraction of sp³-hybridized carbons (Fsp3) is 0.500. The van der Waals surface area contributed by atoms with Crippen molar-refractivity contribution in [2.75, 3.05) is 0 Å². The molecular formula is C20H22BrF4N3O2. The molecule has 2 aromatic rings. The van der Waals surface area contributed by atoms with E-state index >= 15 is 0 Å². The number of hydrogen-bond acceptors (Lipinski definition) is 4. The van der Waals surface area contributed by atoms with E-state index in [1.54, 1.807) is 12.1 Å². The number of hydrogen-bond donors (Lipinski definition) is 2. The molecule has 5 nitrogen and oxygen atoms in total. The number of ether oxygens (including phenoxy) is 1. The van der Waals surface area contributed by atoms with Crippen LogP contribution in [0.1, 0.15) is 43.0 Å². The molecule has 1 amide bonds. The minimum absolute atomic E-state index is 0.0199. The van der Waals surface area contributed by atoms with Crippen LogP contribution < -0.4 is 15.4 Å². The summed E-state index contributed by atoms with van der Waals surface area (Å²) in [4.78, 5) is 16.8. The van der Waals surface area contributed by atoms with Gasteiger partial charge in [-0.25, -0.2) is 8.78 Å². The number of halogens is 5. The molecule has 0 spiro atoms. The summed E-state index contributed by atoms with van der Waals surface area (Å²) in [6.07, 6.45) is 1.78. The van der Waals surface area contributed by atoms with Gasteiger partial charge in [0.15, 0.2) is 0 Å². The lowest BCUT2D eigenvalue weighted by molar-refractivity contribution is -0.0502. The van der Waals surface area contributed by atoms with Gasteiger partial charge in [0, 0.05) is 29.7 Å². The summed E-state index contributed by atoms with van der Waals surface area (Å²) in [6.45, 7) is -1.49. The highest BCUT2D eigenvalue weighted by Gasteiger charge is 2.26. The summed E-state index contributed by atoms with van der Waals surface area (Å²) in [7, 11) is 0. The molecule has 0 radical (unpaired) electrons. The van der Waals surface area contributed by atoms with Gasteiger partial charge in [-0.05, 0) is 60.7 Å². The van der Waals surface area contributed by atoms with Crippen molar-refractivity contribution in [3.8, 4) is 5.75 Å². The summed E-state index contributed by atoms with van der Waals surface area (Å²) in [5, 5.41) is 6.49. The lowest BCUT2D eigenvalue weighted by Gasteiger charge is -2.31. The molecule has 1 fully saturated rings. The molecule has 10 heteroatoms. The molecule has 0 aliphatic heterocycles. The van der Waals surface area contributed by atoms with E-state index in [1.165, 1.54) is 19.2 Å². The second-order valence-corrected chi connectivity index (χ2v) is 8.24. The Balaban J connectivity index is 1.60. The van der Waals surface area contributed by atoms with Gasteiger partial charge in [0.1, 0.15) is 5.75 Å². The van der Waals surface area contributed by atoms with Crippen molar-refractivity contribution in [1.29, 1.82) is 0 Å². The van der Waals surface area contributed by atoms with E-state index < -0.39 is 19.1 Å². The third-order valence-corrected chi connectivity index (χ3v) is 5.77. The molecule has 0 bridgehead atoms. The molecule has 1 atom stereocenters. The van der Waals surface area contributed by atoms with Gasteiger partial charge in [0.25, 0.3) is 12.3 Å². The molecule has 1 aliphatic carbocycles. The van der Waals surface area contributed by atoms with E-state index in [-0.39, 0.29) is 23.7 Å². The van der Waals surface area contributed by atoms with Crippen molar-refractivity contribution >= 4 is 32.7 Å². The topological polar surface area (TPSA) is 63.2 Å². The number of alkyl halides is 4. The Morgan fingerprint density at radius 2 is 1.80 bits per heavy atom. The number of amides is 1. The Labute approximate surface area is 179 Å². The molecule has 1 aromatic heterocycles. The molecule has 1 heterocycles. The predicted octanol–water partition coefficient (Wildman–Crippen LogP) is 4.88. The second kappa shape index (κ2) is 9.91. The standard InChI is InChI=1S/C20H22BrF4N3O2/c1-10(18(22)23)27-13-2-4-14(5-3-13)28-19(29)12-6-11-7-15(21)17(30-20(24)25)8-16(11)26-9-12/h6-10,13-14,18,20,27H,2-5H2,1H3,(H,28,29)/t10-,13?,14?/m1/s1. The van der Waals surface area contributed by atoms with Crippen molar-refractivity contribution < 1.29 is 27.1 Å². The zero-order valence-electron chi connectivity index (χ0n) is 16.2. The number of carbonyl (C=O) groups is 1. The Morgan fingerprint density at radius 1 is 1.13 bits per heavy atom. The van der Waals surface area contributed by atoms with Gasteiger partial charge in [-0.2, -0.15) is 8.78 Å². The van der Waals surface area contributed by atoms with E-state index in [9.17, 15) is 22.4 Å². The van der Waals surface area contributed by atoms with E-state index in [0.717, 1.165) is 0 Å². The zero-order chi connectivity index (χ0) is 21.8. The first-order valence-corrected chi connectivity index (χ1v) is 10.4. The molecule has 2 N–H and O–H groups in total. The minimum Gasteiger partial charge on any atom is -0.434 e. The van der Waals surface area contributed by atoms with Gasteiger partial charge in [0.05, 0.1) is 21.6 Å². The van der Waals surface area contributed by atoms with Gasteiger partial charge >= 0.3 is 6.61 Å². The van der Waals surface area contributed by atoms with Crippen molar-refractivity contribution in [2.24, 2.45) is 0 Å². The van der Waals surface area contributed by atoms with E-state index in [0.29, 0.717) is 46.6 Å². The van der Waals surface area contributed by atoms with Crippen LogP contribution in [-0.4, -0.2) is 42.1 Å². The molecule has 0 saturated heterocycles. The number of benzene rings is 1. The van der Waals surface area contributed by atoms with Crippen LogP contribution in [0.15, 0.2) is 28.9 Å². The molecule has 1 aliphatic rings. The SMILES string of the molecule is C[C@@H](NC1CCC(NC(=O)c2cnc3cc(OC(F)F)c(Br)cc3c2)CC1)C(F)F. The van der Waals surface area contributed by atoms with Crippen molar-refractivity contribution in [3.05, 3.63) is 34.4 Å². The van der Waals surface area contributed by atoms with Gasteiger partial charge in [0.2, 0.25) is 0 Å². The molecule has 164 valence electrons. The van der Waals surface area contributed by atoms with Crippen LogP contribution in [0, 0.1) is 0 Å². The molecule has 1 aromatic carbocycles. The third kappa shape index (κ3) is 5.81. The number of carbonyl (C=O) groups excluding carboxylic acids is 1. The molecular weight excluding hydrogens is 470 g/mol. The van der Waals surface area contributed by atoms with Crippen molar-refractivity contribution in [1.82, 2.24) is 15.6 Å². The monoisotopic (exact) mass is 491 g/mol. The Kier molecular flexibility index (Phi) is 7.51. The Bertz CT molecular complexity index is 892. The second-order valence-electron chi connectivity index (χ2n) is 7.39. The lowest BCUT2D eigenvalue weighted by Crippen LogP contribution is -2.46. The maximum atomic E-state index is 12.7. The smallest absolute Gasteiger partial charge is 0.387 e. The van der Waals surface area contributed by atoms with E-state index in [2.05, 4.69) is 36.3 Å². The highest BCUT2D eigenvalue weighted by Crippen LogP contribution is 2.31. The average Bonchev–Trinajstić information content (AvgIpc) is 2.69. The van der Waals surface area contributed by atoms with Crippen LogP contribution in [0.3, 0.4) is 0 Å². The number of fused-ring (bicyclic) bond motifs is 1. The summed E-state index contributed by atoms with van der Waals surface area (Å²) >= 11 is 3.18. The third-order valence-electron chi connectivity index (χ3n) is 5.15. The highest BCUT2D eigenvalue weighted by atomic mass is 79.9. The maximum absolute atomic E-state index is 12.7. The van der Waals surface area contributed by atoms with Crippen LogP contribution >= 0.6 is 15.9 Å². The fourth-order valence-electron chi connectivity index (χ4n) is 3.56. The van der Waals surface area contributed by atoms with Crippen LogP contribution in [0.5, 0.6) is 5.75 Å². The quantitative estimate of drug-likeness (QED) is 0.541. The van der Waals surface area contributed by atoms with E-state index in [1.807, 2.05) is 0 Å². The zero-order valence-corrected chi connectivity index (χ0v) is 17.8. The Morgan fingerprint density at radius 3 is 2.43 bits per heavy atom. The molecule has 3 rings (SSSR count). The van der Waals surface area contributed by atoms with Crippen LogP contribution in [-0.2, 0) is 0 Å². The fourth-order valence-corrected chi connectivity index (χ4v) is 4.01. The largest absolute Gasteiger partial charge is 0.434 e. The summed E-state index contributed by atoms with van der Waals surface area (Å²) < 4.78 is 55.0. The molecule has 1 saturated carbocycles. The lowest BCUT2D eigenvalue weighted by atomic mass is 9.90. The van der Waals surface area contributed by atoms with Crippen molar-refractivity contribution in [3.63, 3.8) is 0 Å². The average molecular weight is 492 g/mol. The first kappa shape index (κ1) is 22.7. The normalized spacial score (nSPS) is 20.5. The summed E-state index contributed by atoms with van der Waals surface area (Å²) in [6, 6.07) is 3.70. The first-order chi connectivity index (χ1) is 14.2. The maximum Gasteiger partial charge on any atom is 0.387 e. The van der Waals surface area contributed by atoms with E-state index in [4.69, 9.17) is 0 Å². The first-order valence-electron chi connectivity index (χ1n) is 9.62. The van der Waals surface area contributed by atoms with Crippen LogP contribution in [0.4, 0.5) is 17.6 Å². The predicted molar refractivity (Wildman–Crippen MR) is 108 cm³/mol. The van der Waals surface area contributed by atoms with Gasteiger partial charge < -0.3 is 15.4 Å². The number of aromatic nitrogens is 1. The number of rotatable bonds is 7. The molecule has 30 heavy (non-hydrogen) atoms. The number of nitrogens with one attached hydrogen (secondary N) is 2. The van der Waals surface area contributed by atoms with Crippen LogP contribution in [0.2, 0.25) is 0 Å². The summed E-state index contributed by atoms with van der Waals surface area (Å²) in [5.74, 6) is -0.320. The highest BCUT2D eigenvalue weighted by molar-refractivity contribution is 9.10.